The van der Waals surface area contributed by atoms with Gasteiger partial charge in [0, 0.05) is 19.2 Å². The summed E-state index contributed by atoms with van der Waals surface area (Å²) in [5.41, 5.74) is 0.837. The lowest BCUT2D eigenvalue weighted by molar-refractivity contribution is -0.384. The molecule has 3 fully saturated rings. The predicted octanol–water partition coefficient (Wildman–Crippen LogP) is 2.78. The molecule has 2 aromatic carbocycles. The maximum Gasteiger partial charge on any atom is 0.289 e. The van der Waals surface area contributed by atoms with Crippen LogP contribution in [0.25, 0.3) is 0 Å². The lowest BCUT2D eigenvalue weighted by atomic mass is 9.90. The second-order valence-corrected chi connectivity index (χ2v) is 7.82. The van der Waals surface area contributed by atoms with Gasteiger partial charge in [-0.05, 0) is 24.1 Å². The van der Waals surface area contributed by atoms with Gasteiger partial charge in [-0.2, -0.15) is 0 Å². The summed E-state index contributed by atoms with van der Waals surface area (Å²) >= 11 is 5.90. The number of amides is 2. The molecule has 8 nitrogen and oxygen atoms in total. The van der Waals surface area contributed by atoms with E-state index in [1.54, 1.807) is 0 Å². The van der Waals surface area contributed by atoms with E-state index in [-0.39, 0.29) is 34.3 Å². The third kappa shape index (κ3) is 2.60. The highest BCUT2D eigenvalue weighted by Crippen LogP contribution is 2.49. The summed E-state index contributed by atoms with van der Waals surface area (Å²) in [6.07, 6.45) is 0.917. The summed E-state index contributed by atoms with van der Waals surface area (Å²) in [6, 6.07) is 12.9. The van der Waals surface area contributed by atoms with E-state index < -0.39 is 16.9 Å². The van der Waals surface area contributed by atoms with Gasteiger partial charge in [0.05, 0.1) is 22.6 Å². The first-order valence-electron chi connectivity index (χ1n) is 9.39. The van der Waals surface area contributed by atoms with E-state index in [2.05, 4.69) is 5.01 Å². The fraction of sp³-hybridized carbons (Fsp3) is 0.300. The van der Waals surface area contributed by atoms with E-state index in [1.165, 1.54) is 18.2 Å². The van der Waals surface area contributed by atoms with Crippen LogP contribution in [0.4, 0.5) is 11.4 Å². The number of carbonyl (C=O) groups excluding carboxylic acids is 2. The molecule has 0 aromatic heterocycles. The highest BCUT2D eigenvalue weighted by molar-refractivity contribution is 6.33. The maximum atomic E-state index is 13.4. The third-order valence-electron chi connectivity index (χ3n) is 5.93. The molecule has 148 valence electrons. The fourth-order valence-electron chi connectivity index (χ4n) is 4.80. The van der Waals surface area contributed by atoms with Crippen LogP contribution >= 0.6 is 11.6 Å². The average molecular weight is 413 g/mol. The molecule has 0 spiro atoms. The topological polar surface area (TPSA) is 87.0 Å². The Hall–Kier alpha value is -2.81. The van der Waals surface area contributed by atoms with Gasteiger partial charge in [0.2, 0.25) is 5.91 Å². The Bertz CT molecular complexity index is 1030. The van der Waals surface area contributed by atoms with E-state index in [9.17, 15) is 19.7 Å². The summed E-state index contributed by atoms with van der Waals surface area (Å²) in [7, 11) is 0. The second kappa shape index (κ2) is 6.62. The Morgan fingerprint density at radius 1 is 0.966 bits per heavy atom. The number of nitro groups is 1. The normalized spacial score (nSPS) is 26.8. The zero-order chi connectivity index (χ0) is 20.3. The van der Waals surface area contributed by atoms with Crippen LogP contribution < -0.4 is 4.90 Å². The SMILES string of the molecule is O=C1[C@@H]2[C@@H](c3ccccc3)N3CCCN3[C@H]2C(=O)N1c1ccc(Cl)c([N+](=O)[O-])c1. The number of hydrogen-bond donors (Lipinski definition) is 0. The Morgan fingerprint density at radius 3 is 2.34 bits per heavy atom. The Kier molecular flexibility index (Phi) is 4.16. The number of benzene rings is 2. The number of nitro benzene ring substituents is 1. The summed E-state index contributed by atoms with van der Waals surface area (Å²) < 4.78 is 0. The molecule has 29 heavy (non-hydrogen) atoms. The molecule has 2 amide bonds. The molecule has 5 rings (SSSR count). The first kappa shape index (κ1) is 18.2. The Balaban J connectivity index is 1.58. The lowest BCUT2D eigenvalue weighted by Crippen LogP contribution is -2.44. The minimum Gasteiger partial charge on any atom is -0.274 e. The molecule has 3 aliphatic heterocycles. The predicted molar refractivity (Wildman–Crippen MR) is 105 cm³/mol. The molecule has 0 aliphatic carbocycles. The standard InChI is InChI=1S/C20H17ClN4O4/c21-14-8-7-13(11-15(14)25(28)29)24-19(26)16-17(12-5-2-1-3-6-12)22-9-4-10-23(22)18(16)20(24)27/h1-3,5-8,11,16-18H,4,9-10H2/t16-,17-,18-/m1/s1. The van der Waals surface area contributed by atoms with Gasteiger partial charge in [0.15, 0.2) is 0 Å². The lowest BCUT2D eigenvalue weighted by Gasteiger charge is -2.29. The largest absolute Gasteiger partial charge is 0.289 e. The maximum absolute atomic E-state index is 13.4. The van der Waals surface area contributed by atoms with Crippen molar-refractivity contribution < 1.29 is 14.5 Å². The summed E-state index contributed by atoms with van der Waals surface area (Å²) in [5.74, 6) is -1.23. The monoisotopic (exact) mass is 412 g/mol. The van der Waals surface area contributed by atoms with E-state index in [0.717, 1.165) is 23.4 Å². The molecule has 0 unspecified atom stereocenters. The second-order valence-electron chi connectivity index (χ2n) is 7.41. The van der Waals surface area contributed by atoms with Crippen molar-refractivity contribution in [3.63, 3.8) is 0 Å². The van der Waals surface area contributed by atoms with Crippen LogP contribution in [0.2, 0.25) is 5.02 Å². The van der Waals surface area contributed by atoms with Crippen molar-refractivity contribution in [2.75, 3.05) is 18.0 Å². The molecule has 0 bridgehead atoms. The van der Waals surface area contributed by atoms with E-state index in [0.29, 0.717) is 6.54 Å². The van der Waals surface area contributed by atoms with Crippen molar-refractivity contribution in [3.05, 3.63) is 69.2 Å². The quantitative estimate of drug-likeness (QED) is 0.437. The highest BCUT2D eigenvalue weighted by Gasteiger charge is 2.62. The molecule has 9 heteroatoms. The van der Waals surface area contributed by atoms with E-state index >= 15 is 0 Å². The average Bonchev–Trinajstić information content (AvgIpc) is 3.35. The zero-order valence-corrected chi connectivity index (χ0v) is 16.0. The molecule has 3 saturated heterocycles. The van der Waals surface area contributed by atoms with Crippen LogP contribution in [0.15, 0.2) is 48.5 Å². The van der Waals surface area contributed by atoms with Crippen molar-refractivity contribution in [1.82, 2.24) is 10.0 Å². The van der Waals surface area contributed by atoms with Crippen LogP contribution in [0.3, 0.4) is 0 Å². The first-order valence-corrected chi connectivity index (χ1v) is 9.77. The summed E-state index contributed by atoms with van der Waals surface area (Å²) in [4.78, 5) is 38.5. The summed E-state index contributed by atoms with van der Waals surface area (Å²) in [6.45, 7) is 1.50. The number of rotatable bonds is 3. The fourth-order valence-corrected chi connectivity index (χ4v) is 4.98. The van der Waals surface area contributed by atoms with Crippen LogP contribution in [-0.2, 0) is 9.59 Å². The number of halogens is 1. The smallest absolute Gasteiger partial charge is 0.274 e. The van der Waals surface area contributed by atoms with Crippen molar-refractivity contribution in [3.8, 4) is 0 Å². The zero-order valence-electron chi connectivity index (χ0n) is 15.3. The minimum absolute atomic E-state index is 0.0362. The summed E-state index contributed by atoms with van der Waals surface area (Å²) in [5, 5.41) is 15.3. The number of hydrazine groups is 1. The van der Waals surface area contributed by atoms with Gasteiger partial charge in [-0.1, -0.05) is 41.9 Å². The number of nitrogens with zero attached hydrogens (tertiary/aromatic N) is 4. The molecule has 3 aliphatic rings. The molecular formula is C20H17ClN4O4. The number of fused-ring (bicyclic) bond motifs is 3. The molecule has 3 heterocycles. The molecule has 0 saturated carbocycles. The molecule has 0 N–H and O–H groups in total. The van der Waals surface area contributed by atoms with Gasteiger partial charge in [-0.25, -0.2) is 14.9 Å². The number of anilines is 1. The third-order valence-corrected chi connectivity index (χ3v) is 6.25. The van der Waals surface area contributed by atoms with Crippen LogP contribution in [-0.4, -0.2) is 45.9 Å². The van der Waals surface area contributed by atoms with Gasteiger partial charge in [-0.15, -0.1) is 0 Å². The Morgan fingerprint density at radius 2 is 1.66 bits per heavy atom. The van der Waals surface area contributed by atoms with Gasteiger partial charge < -0.3 is 0 Å². The number of carbonyl (C=O) groups is 2. The minimum atomic E-state index is -0.618. The van der Waals surface area contributed by atoms with Crippen LogP contribution in [0, 0.1) is 16.0 Å². The van der Waals surface area contributed by atoms with E-state index in [4.69, 9.17) is 11.6 Å². The molecule has 0 radical (unpaired) electrons. The van der Waals surface area contributed by atoms with Crippen LogP contribution in [0.1, 0.15) is 18.0 Å². The highest BCUT2D eigenvalue weighted by atomic mass is 35.5. The molecule has 3 atom stereocenters. The van der Waals surface area contributed by atoms with Gasteiger partial charge in [-0.3, -0.25) is 19.7 Å². The first-order chi connectivity index (χ1) is 14.0. The van der Waals surface area contributed by atoms with Crippen molar-refractivity contribution in [1.29, 1.82) is 0 Å². The number of hydrogen-bond acceptors (Lipinski definition) is 6. The van der Waals surface area contributed by atoms with Gasteiger partial charge >= 0.3 is 0 Å². The van der Waals surface area contributed by atoms with Crippen molar-refractivity contribution >= 4 is 34.8 Å². The van der Waals surface area contributed by atoms with Crippen molar-refractivity contribution in [2.45, 2.75) is 18.5 Å². The van der Waals surface area contributed by atoms with Gasteiger partial charge in [0.25, 0.3) is 11.6 Å². The molecule has 2 aromatic rings. The van der Waals surface area contributed by atoms with Crippen LogP contribution in [0.5, 0.6) is 0 Å². The van der Waals surface area contributed by atoms with Gasteiger partial charge in [0.1, 0.15) is 11.1 Å². The Labute approximate surface area is 171 Å². The number of imide groups is 1. The van der Waals surface area contributed by atoms with Crippen molar-refractivity contribution in [2.24, 2.45) is 5.92 Å². The van der Waals surface area contributed by atoms with E-state index in [1.807, 2.05) is 35.3 Å². The molecular weight excluding hydrogens is 396 g/mol.